The monoisotopic (exact) mass is 494 g/mol. The van der Waals surface area contributed by atoms with Gasteiger partial charge in [-0.05, 0) is 37.0 Å². The lowest BCUT2D eigenvalue weighted by atomic mass is 10.1. The van der Waals surface area contributed by atoms with Crippen molar-refractivity contribution in [3.63, 3.8) is 0 Å². The van der Waals surface area contributed by atoms with Gasteiger partial charge in [0.1, 0.15) is 17.3 Å². The molecule has 6 rings (SSSR count). The van der Waals surface area contributed by atoms with E-state index in [1.165, 1.54) is 6.07 Å². The van der Waals surface area contributed by atoms with Crippen molar-refractivity contribution in [1.29, 1.82) is 0 Å². The zero-order chi connectivity index (χ0) is 25.7. The molecule has 0 bridgehead atoms. The summed E-state index contributed by atoms with van der Waals surface area (Å²) in [6, 6.07) is 6.58. The van der Waals surface area contributed by atoms with Gasteiger partial charge in [0.2, 0.25) is 0 Å². The number of nitrogens with zero attached hydrogens (tertiary/aromatic N) is 7. The standard InChI is InChI=1S/C27H23FN8O/c1-34-13-17(31-15-34)5-3-16-4-6-18(30-11-16)14-36(19-7-8-19)27(37)20-9-21-24(10-23(20)28)33-26(29)22-12-32-35(2)25(21)22/h4,6,9-13,15,19H,7-8,14H2,1-2H3,(H2,29,33). The maximum atomic E-state index is 15.2. The largest absolute Gasteiger partial charge is 0.383 e. The van der Waals surface area contributed by atoms with Crippen molar-refractivity contribution in [2.75, 3.05) is 5.73 Å². The fourth-order valence-electron chi connectivity index (χ4n) is 4.43. The quantitative estimate of drug-likeness (QED) is 0.385. The van der Waals surface area contributed by atoms with Crippen molar-refractivity contribution in [2.45, 2.75) is 25.4 Å². The highest BCUT2D eigenvalue weighted by atomic mass is 19.1. The van der Waals surface area contributed by atoms with Crippen LogP contribution in [0.25, 0.3) is 21.8 Å². The van der Waals surface area contributed by atoms with E-state index in [-0.39, 0.29) is 29.9 Å². The van der Waals surface area contributed by atoms with Crippen LogP contribution in [0.4, 0.5) is 10.2 Å². The van der Waals surface area contributed by atoms with Gasteiger partial charge in [-0.2, -0.15) is 5.10 Å². The Morgan fingerprint density at radius 2 is 2.00 bits per heavy atom. The van der Waals surface area contributed by atoms with Gasteiger partial charge in [-0.15, -0.1) is 0 Å². The number of aromatic nitrogens is 6. The topological polar surface area (TPSA) is 108 Å². The molecule has 1 aliphatic rings. The summed E-state index contributed by atoms with van der Waals surface area (Å²) in [5.41, 5.74) is 9.24. The average Bonchev–Trinajstić information content (AvgIpc) is 3.52. The number of anilines is 1. The number of carbonyl (C=O) groups excluding carboxylic acids is 1. The third-order valence-corrected chi connectivity index (χ3v) is 6.47. The van der Waals surface area contributed by atoms with Crippen molar-refractivity contribution in [3.8, 4) is 11.8 Å². The molecule has 0 unspecified atom stereocenters. The number of benzene rings is 1. The van der Waals surface area contributed by atoms with Crippen LogP contribution < -0.4 is 5.73 Å². The number of amides is 1. The molecule has 0 radical (unpaired) electrons. The Labute approximate surface area is 211 Å². The molecule has 10 heteroatoms. The smallest absolute Gasteiger partial charge is 0.257 e. The van der Waals surface area contributed by atoms with Crippen molar-refractivity contribution in [1.82, 2.24) is 34.2 Å². The summed E-state index contributed by atoms with van der Waals surface area (Å²) >= 11 is 0. The Kier molecular flexibility index (Phi) is 5.34. The Hall–Kier alpha value is -4.78. The van der Waals surface area contributed by atoms with Crippen molar-refractivity contribution < 1.29 is 9.18 Å². The molecule has 1 fully saturated rings. The lowest BCUT2D eigenvalue weighted by molar-refractivity contribution is 0.0723. The highest BCUT2D eigenvalue weighted by Gasteiger charge is 2.34. The first-order chi connectivity index (χ1) is 17.9. The van der Waals surface area contributed by atoms with Crippen LogP contribution in [0.15, 0.2) is 49.2 Å². The Morgan fingerprint density at radius 1 is 1.16 bits per heavy atom. The zero-order valence-corrected chi connectivity index (χ0v) is 20.3. The van der Waals surface area contributed by atoms with Crippen LogP contribution in [-0.4, -0.2) is 46.1 Å². The van der Waals surface area contributed by atoms with Gasteiger partial charge in [0, 0.05) is 49.5 Å². The summed E-state index contributed by atoms with van der Waals surface area (Å²) < 4.78 is 18.7. The number of hydrogen-bond acceptors (Lipinski definition) is 6. The normalized spacial score (nSPS) is 13.1. The lowest BCUT2D eigenvalue weighted by Gasteiger charge is -2.22. The number of fused-ring (bicyclic) bond motifs is 3. The second-order valence-electron chi connectivity index (χ2n) is 9.25. The molecule has 37 heavy (non-hydrogen) atoms. The van der Waals surface area contributed by atoms with E-state index in [1.807, 2.05) is 29.9 Å². The van der Waals surface area contributed by atoms with Gasteiger partial charge in [-0.3, -0.25) is 14.5 Å². The van der Waals surface area contributed by atoms with Gasteiger partial charge in [0.25, 0.3) is 5.91 Å². The molecule has 1 amide bonds. The lowest BCUT2D eigenvalue weighted by Crippen LogP contribution is -2.33. The predicted molar refractivity (Wildman–Crippen MR) is 137 cm³/mol. The van der Waals surface area contributed by atoms with E-state index in [0.29, 0.717) is 33.2 Å². The van der Waals surface area contributed by atoms with Crippen molar-refractivity contribution in [3.05, 3.63) is 77.5 Å². The van der Waals surface area contributed by atoms with Crippen LogP contribution in [0.3, 0.4) is 0 Å². The number of hydrogen-bond donors (Lipinski definition) is 1. The number of carbonyl (C=O) groups is 1. The average molecular weight is 495 g/mol. The molecule has 1 aromatic carbocycles. The van der Waals surface area contributed by atoms with E-state index in [2.05, 4.69) is 31.9 Å². The number of imidazole rings is 1. The van der Waals surface area contributed by atoms with Gasteiger partial charge >= 0.3 is 0 Å². The SMILES string of the molecule is Cn1cnc(C#Cc2ccc(CN(C(=O)c3cc4c(cc3F)nc(N)c3cnn(C)c34)C3CC3)nc2)c1. The summed E-state index contributed by atoms with van der Waals surface area (Å²) in [6.45, 7) is 0.274. The van der Waals surface area contributed by atoms with E-state index in [4.69, 9.17) is 5.73 Å². The zero-order valence-electron chi connectivity index (χ0n) is 20.3. The summed E-state index contributed by atoms with van der Waals surface area (Å²) in [5, 5.41) is 5.54. The molecule has 9 nitrogen and oxygen atoms in total. The number of nitrogens with two attached hydrogens (primary N) is 1. The Balaban J connectivity index is 1.29. The van der Waals surface area contributed by atoms with Crippen LogP contribution in [0, 0.1) is 17.7 Å². The highest BCUT2D eigenvalue weighted by molar-refractivity contribution is 6.10. The molecule has 4 heterocycles. The molecular formula is C27H23FN8O. The van der Waals surface area contributed by atoms with Crippen LogP contribution in [-0.2, 0) is 20.6 Å². The molecule has 0 spiro atoms. The van der Waals surface area contributed by atoms with Crippen molar-refractivity contribution in [2.24, 2.45) is 14.1 Å². The third kappa shape index (κ3) is 4.25. The first-order valence-corrected chi connectivity index (χ1v) is 11.8. The summed E-state index contributed by atoms with van der Waals surface area (Å²) in [6.07, 6.45) is 8.57. The van der Waals surface area contributed by atoms with E-state index in [9.17, 15) is 4.79 Å². The predicted octanol–water partition coefficient (Wildman–Crippen LogP) is 3.18. The summed E-state index contributed by atoms with van der Waals surface area (Å²) in [5.74, 6) is 5.30. The summed E-state index contributed by atoms with van der Waals surface area (Å²) in [7, 11) is 3.66. The van der Waals surface area contributed by atoms with Gasteiger partial charge < -0.3 is 15.2 Å². The maximum Gasteiger partial charge on any atom is 0.257 e. The minimum absolute atomic E-state index is 0.00804. The molecule has 5 aromatic rings. The fraction of sp³-hybridized carbons (Fsp3) is 0.222. The number of rotatable bonds is 4. The third-order valence-electron chi connectivity index (χ3n) is 6.47. The second-order valence-corrected chi connectivity index (χ2v) is 9.25. The molecule has 0 aliphatic heterocycles. The molecular weight excluding hydrogens is 471 g/mol. The number of pyridine rings is 2. The first kappa shape index (κ1) is 22.7. The van der Waals surface area contributed by atoms with E-state index >= 15 is 4.39 Å². The number of nitrogen functional groups attached to an aromatic ring is 1. The maximum absolute atomic E-state index is 15.2. The fourth-order valence-corrected chi connectivity index (χ4v) is 4.43. The Morgan fingerprint density at radius 3 is 2.70 bits per heavy atom. The second kappa shape index (κ2) is 8.71. The van der Waals surface area contributed by atoms with Crippen LogP contribution >= 0.6 is 0 Å². The van der Waals surface area contributed by atoms with Crippen LogP contribution in [0.5, 0.6) is 0 Å². The molecule has 2 N–H and O–H groups in total. The molecule has 0 saturated heterocycles. The first-order valence-electron chi connectivity index (χ1n) is 11.8. The summed E-state index contributed by atoms with van der Waals surface area (Å²) in [4.78, 5) is 28.3. The van der Waals surface area contributed by atoms with Gasteiger partial charge in [-0.1, -0.05) is 5.92 Å². The molecule has 0 atom stereocenters. The highest BCUT2D eigenvalue weighted by Crippen LogP contribution is 2.33. The van der Waals surface area contributed by atoms with E-state index in [1.54, 1.807) is 41.4 Å². The van der Waals surface area contributed by atoms with Gasteiger partial charge in [0.05, 0.1) is 46.7 Å². The molecule has 4 aromatic heterocycles. The van der Waals surface area contributed by atoms with Crippen molar-refractivity contribution >= 4 is 33.5 Å². The van der Waals surface area contributed by atoms with E-state index < -0.39 is 5.82 Å². The number of aryl methyl sites for hydroxylation is 2. The minimum atomic E-state index is -0.635. The van der Waals surface area contributed by atoms with E-state index in [0.717, 1.165) is 18.4 Å². The van der Waals surface area contributed by atoms with Crippen LogP contribution in [0.2, 0.25) is 0 Å². The van der Waals surface area contributed by atoms with Gasteiger partial charge in [0.15, 0.2) is 0 Å². The van der Waals surface area contributed by atoms with Gasteiger partial charge in [-0.25, -0.2) is 14.4 Å². The molecule has 1 saturated carbocycles. The molecule has 184 valence electrons. The van der Waals surface area contributed by atoms with Crippen LogP contribution in [0.1, 0.15) is 40.2 Å². The molecule has 1 aliphatic carbocycles. The number of halogens is 1. The Bertz CT molecular complexity index is 1740. The minimum Gasteiger partial charge on any atom is -0.383 e.